The van der Waals surface area contributed by atoms with Gasteiger partial charge in [0.05, 0.1) is 17.3 Å². The lowest BCUT2D eigenvalue weighted by molar-refractivity contribution is 0.0920. The van der Waals surface area contributed by atoms with Gasteiger partial charge in [-0.3, -0.25) is 9.48 Å². The van der Waals surface area contributed by atoms with Crippen molar-refractivity contribution in [2.75, 3.05) is 6.61 Å². The molecule has 1 amide bonds. The van der Waals surface area contributed by atoms with Crippen molar-refractivity contribution < 1.29 is 9.53 Å². The maximum atomic E-state index is 12.5. The van der Waals surface area contributed by atoms with Crippen molar-refractivity contribution >= 4 is 5.91 Å². The number of carbonyl (C=O) groups is 1. The average Bonchev–Trinajstić information content (AvgIpc) is 2.66. The lowest BCUT2D eigenvalue weighted by atomic mass is 10.1. The van der Waals surface area contributed by atoms with E-state index in [1.807, 2.05) is 39.1 Å². The molecule has 22 heavy (non-hydrogen) atoms. The molecule has 5 heteroatoms. The van der Waals surface area contributed by atoms with E-state index >= 15 is 0 Å². The predicted molar refractivity (Wildman–Crippen MR) is 84.2 cm³/mol. The van der Waals surface area contributed by atoms with Gasteiger partial charge in [-0.25, -0.2) is 0 Å². The first kappa shape index (κ1) is 14.6. The van der Waals surface area contributed by atoms with Crippen LogP contribution in [0.5, 0.6) is 5.75 Å². The van der Waals surface area contributed by atoms with E-state index < -0.39 is 0 Å². The van der Waals surface area contributed by atoms with Crippen LogP contribution in [-0.2, 0) is 13.5 Å². The summed E-state index contributed by atoms with van der Waals surface area (Å²) in [6.45, 7) is 4.27. The molecule has 0 spiro atoms. The van der Waals surface area contributed by atoms with E-state index in [4.69, 9.17) is 4.74 Å². The Balaban J connectivity index is 1.71. The normalized spacial score (nSPS) is 17.3. The number of hydrogen-bond acceptors (Lipinski definition) is 3. The van der Waals surface area contributed by atoms with E-state index in [1.165, 1.54) is 5.56 Å². The quantitative estimate of drug-likeness (QED) is 0.924. The lowest BCUT2D eigenvalue weighted by Gasteiger charge is -2.16. The number of aromatic nitrogens is 2. The van der Waals surface area contributed by atoms with Gasteiger partial charge < -0.3 is 10.1 Å². The highest BCUT2D eigenvalue weighted by molar-refractivity contribution is 5.96. The summed E-state index contributed by atoms with van der Waals surface area (Å²) >= 11 is 0. The monoisotopic (exact) mass is 299 g/mol. The molecule has 0 fully saturated rings. The minimum Gasteiger partial charge on any atom is -0.491 e. The van der Waals surface area contributed by atoms with Crippen LogP contribution in [0.4, 0.5) is 0 Å². The van der Waals surface area contributed by atoms with Crippen LogP contribution < -0.4 is 10.1 Å². The molecule has 2 heterocycles. The average molecular weight is 299 g/mol. The van der Waals surface area contributed by atoms with Crippen molar-refractivity contribution in [2.45, 2.75) is 32.7 Å². The molecule has 3 rings (SSSR count). The van der Waals surface area contributed by atoms with Gasteiger partial charge in [-0.1, -0.05) is 18.2 Å². The molecule has 1 N–H and O–H groups in total. The van der Waals surface area contributed by atoms with E-state index in [9.17, 15) is 4.79 Å². The number of para-hydroxylation sites is 1. The number of rotatable bonds is 2. The van der Waals surface area contributed by atoms with Gasteiger partial charge in [-0.15, -0.1) is 0 Å². The van der Waals surface area contributed by atoms with Gasteiger partial charge in [0.1, 0.15) is 12.4 Å². The number of amides is 1. The second kappa shape index (κ2) is 5.83. The molecule has 2 aromatic rings. The number of carbonyl (C=O) groups excluding carboxylic acids is 1. The zero-order valence-electron chi connectivity index (χ0n) is 13.2. The van der Waals surface area contributed by atoms with Crippen LogP contribution in [0.1, 0.15) is 33.7 Å². The first-order valence-corrected chi connectivity index (χ1v) is 7.58. The molecule has 116 valence electrons. The summed E-state index contributed by atoms with van der Waals surface area (Å²) in [4.78, 5) is 12.5. The van der Waals surface area contributed by atoms with Crippen molar-refractivity contribution in [2.24, 2.45) is 7.05 Å². The van der Waals surface area contributed by atoms with E-state index in [2.05, 4.69) is 16.5 Å². The standard InChI is InChI=1S/C17H21N3O2/c1-11-16(12(2)20(3)19-11)17(21)18-14-9-8-13-6-4-5-7-15(13)22-10-14/h4-7,14H,8-10H2,1-3H3,(H,18,21)/t14-/m1/s1. The first-order valence-electron chi connectivity index (χ1n) is 7.58. The number of nitrogens with zero attached hydrogens (tertiary/aromatic N) is 2. The number of hydrogen-bond donors (Lipinski definition) is 1. The highest BCUT2D eigenvalue weighted by Crippen LogP contribution is 2.23. The second-order valence-electron chi connectivity index (χ2n) is 5.80. The van der Waals surface area contributed by atoms with Gasteiger partial charge >= 0.3 is 0 Å². The third kappa shape index (κ3) is 2.71. The molecule has 1 aromatic heterocycles. The Morgan fingerprint density at radius 1 is 1.36 bits per heavy atom. The Morgan fingerprint density at radius 3 is 2.86 bits per heavy atom. The van der Waals surface area contributed by atoms with Gasteiger partial charge in [0.2, 0.25) is 0 Å². The predicted octanol–water partition coefficient (Wildman–Crippen LogP) is 2.16. The summed E-state index contributed by atoms with van der Waals surface area (Å²) < 4.78 is 7.57. The molecule has 1 atom stereocenters. The highest BCUT2D eigenvalue weighted by atomic mass is 16.5. The maximum absolute atomic E-state index is 12.5. The molecule has 0 bridgehead atoms. The number of benzene rings is 1. The van der Waals surface area contributed by atoms with Gasteiger partial charge in [0.25, 0.3) is 5.91 Å². The van der Waals surface area contributed by atoms with Crippen LogP contribution in [0.3, 0.4) is 0 Å². The Kier molecular flexibility index (Phi) is 3.88. The Labute approximate surface area is 130 Å². The Hall–Kier alpha value is -2.30. The van der Waals surface area contributed by atoms with Crippen molar-refractivity contribution in [3.63, 3.8) is 0 Å². The van der Waals surface area contributed by atoms with Crippen LogP contribution in [0.2, 0.25) is 0 Å². The number of nitrogens with one attached hydrogen (secondary N) is 1. The fourth-order valence-electron chi connectivity index (χ4n) is 2.93. The second-order valence-corrected chi connectivity index (χ2v) is 5.80. The van der Waals surface area contributed by atoms with Crippen molar-refractivity contribution in [3.05, 3.63) is 46.8 Å². The first-order chi connectivity index (χ1) is 10.6. The topological polar surface area (TPSA) is 56.2 Å². The fourth-order valence-corrected chi connectivity index (χ4v) is 2.93. The molecule has 0 saturated carbocycles. The summed E-state index contributed by atoms with van der Waals surface area (Å²) in [6, 6.07) is 8.06. The zero-order valence-corrected chi connectivity index (χ0v) is 13.2. The zero-order chi connectivity index (χ0) is 15.7. The fraction of sp³-hybridized carbons (Fsp3) is 0.412. The number of aryl methyl sites for hydroxylation is 3. The van der Waals surface area contributed by atoms with Crippen molar-refractivity contribution in [3.8, 4) is 5.75 Å². The summed E-state index contributed by atoms with van der Waals surface area (Å²) in [5.74, 6) is 0.857. The summed E-state index contributed by atoms with van der Waals surface area (Å²) in [6.07, 6.45) is 1.78. The van der Waals surface area contributed by atoms with E-state index in [0.717, 1.165) is 30.0 Å². The van der Waals surface area contributed by atoms with Gasteiger partial charge in [-0.05, 0) is 38.3 Å². The van der Waals surface area contributed by atoms with E-state index in [-0.39, 0.29) is 11.9 Å². The highest BCUT2D eigenvalue weighted by Gasteiger charge is 2.22. The Morgan fingerprint density at radius 2 is 2.14 bits per heavy atom. The summed E-state index contributed by atoms with van der Waals surface area (Å²) in [5, 5.41) is 7.39. The van der Waals surface area contributed by atoms with Crippen LogP contribution in [0.15, 0.2) is 24.3 Å². The van der Waals surface area contributed by atoms with Gasteiger partial charge in [0.15, 0.2) is 0 Å². The van der Waals surface area contributed by atoms with Crippen LogP contribution in [-0.4, -0.2) is 28.3 Å². The van der Waals surface area contributed by atoms with Crippen LogP contribution in [0.25, 0.3) is 0 Å². The SMILES string of the molecule is Cc1nn(C)c(C)c1C(=O)N[C@@H]1CCc2ccccc2OC1. The number of ether oxygens (including phenoxy) is 1. The number of fused-ring (bicyclic) bond motifs is 1. The van der Waals surface area contributed by atoms with Crippen molar-refractivity contribution in [1.82, 2.24) is 15.1 Å². The minimum atomic E-state index is -0.0670. The molecule has 1 aliphatic rings. The van der Waals surface area contributed by atoms with E-state index in [0.29, 0.717) is 12.2 Å². The minimum absolute atomic E-state index is 0.0129. The summed E-state index contributed by atoms with van der Waals surface area (Å²) in [5.41, 5.74) is 3.51. The summed E-state index contributed by atoms with van der Waals surface area (Å²) in [7, 11) is 1.85. The van der Waals surface area contributed by atoms with Crippen LogP contribution in [0, 0.1) is 13.8 Å². The third-order valence-corrected chi connectivity index (χ3v) is 4.25. The third-order valence-electron chi connectivity index (χ3n) is 4.25. The smallest absolute Gasteiger partial charge is 0.255 e. The van der Waals surface area contributed by atoms with Gasteiger partial charge in [-0.2, -0.15) is 5.10 Å². The molecule has 0 aliphatic carbocycles. The lowest BCUT2D eigenvalue weighted by Crippen LogP contribution is -2.39. The Bertz CT molecular complexity index is 679. The van der Waals surface area contributed by atoms with Crippen LogP contribution >= 0.6 is 0 Å². The molecule has 0 unspecified atom stereocenters. The largest absolute Gasteiger partial charge is 0.491 e. The van der Waals surface area contributed by atoms with Crippen molar-refractivity contribution in [1.29, 1.82) is 0 Å². The van der Waals surface area contributed by atoms with E-state index in [1.54, 1.807) is 4.68 Å². The molecule has 0 radical (unpaired) electrons. The molecule has 5 nitrogen and oxygen atoms in total. The molecule has 0 saturated heterocycles. The molecular weight excluding hydrogens is 278 g/mol. The molecular formula is C17H21N3O2. The molecule has 1 aliphatic heterocycles. The maximum Gasteiger partial charge on any atom is 0.255 e. The van der Waals surface area contributed by atoms with Gasteiger partial charge in [0, 0.05) is 12.7 Å². The molecule has 1 aromatic carbocycles.